The molecule has 3 heteroatoms. The van der Waals surface area contributed by atoms with Crippen molar-refractivity contribution in [3.8, 4) is 0 Å². The van der Waals surface area contributed by atoms with Gasteiger partial charge in [-0.3, -0.25) is 4.90 Å². The van der Waals surface area contributed by atoms with Gasteiger partial charge in [-0.2, -0.15) is 0 Å². The monoisotopic (exact) mass is 226 g/mol. The number of nitrogens with zero attached hydrogens (tertiary/aromatic N) is 1. The van der Waals surface area contributed by atoms with E-state index in [0.29, 0.717) is 24.3 Å². The molecule has 2 fully saturated rings. The molecule has 0 spiro atoms. The Balaban J connectivity index is 1.97. The Kier molecular flexibility index (Phi) is 4.22. The molecule has 2 rings (SSSR count). The summed E-state index contributed by atoms with van der Waals surface area (Å²) in [6, 6.07) is 1.13. The molecule has 4 unspecified atom stereocenters. The summed E-state index contributed by atoms with van der Waals surface area (Å²) in [5.41, 5.74) is 5.97. The number of nitrogens with two attached hydrogens (primary N) is 1. The molecule has 2 N–H and O–H groups in total. The van der Waals surface area contributed by atoms with E-state index in [9.17, 15) is 0 Å². The Morgan fingerprint density at radius 3 is 2.62 bits per heavy atom. The Labute approximate surface area is 99.3 Å². The third-order valence-corrected chi connectivity index (χ3v) is 4.22. The fourth-order valence-electron chi connectivity index (χ4n) is 3.23. The normalized spacial score (nSPS) is 38.8. The van der Waals surface area contributed by atoms with Gasteiger partial charge in [0.25, 0.3) is 0 Å². The molecular weight excluding hydrogens is 200 g/mol. The van der Waals surface area contributed by atoms with E-state index in [0.717, 1.165) is 6.54 Å². The predicted octanol–water partition coefficient (Wildman–Crippen LogP) is 1.76. The van der Waals surface area contributed by atoms with Gasteiger partial charge in [0.05, 0.1) is 12.2 Å². The molecule has 2 aliphatic rings. The van der Waals surface area contributed by atoms with E-state index >= 15 is 0 Å². The number of hydrogen-bond donors (Lipinski definition) is 1. The van der Waals surface area contributed by atoms with Crippen molar-refractivity contribution in [3.05, 3.63) is 0 Å². The van der Waals surface area contributed by atoms with Crippen molar-refractivity contribution in [2.75, 3.05) is 13.1 Å². The second-order valence-electron chi connectivity index (χ2n) is 5.45. The van der Waals surface area contributed by atoms with Crippen molar-refractivity contribution in [1.29, 1.82) is 0 Å². The van der Waals surface area contributed by atoms with Crippen LogP contribution in [0.15, 0.2) is 0 Å². The second kappa shape index (κ2) is 5.48. The average molecular weight is 226 g/mol. The fourth-order valence-corrected chi connectivity index (χ4v) is 3.23. The largest absolute Gasteiger partial charge is 0.374 e. The summed E-state index contributed by atoms with van der Waals surface area (Å²) in [4.78, 5) is 2.59. The predicted molar refractivity (Wildman–Crippen MR) is 66.4 cm³/mol. The summed E-state index contributed by atoms with van der Waals surface area (Å²) >= 11 is 0. The first-order valence-electron chi connectivity index (χ1n) is 6.83. The highest BCUT2D eigenvalue weighted by Crippen LogP contribution is 2.28. The van der Waals surface area contributed by atoms with Crippen LogP contribution in [0.1, 0.15) is 46.0 Å². The quantitative estimate of drug-likeness (QED) is 0.797. The van der Waals surface area contributed by atoms with Crippen molar-refractivity contribution in [3.63, 3.8) is 0 Å². The molecule has 2 aliphatic heterocycles. The smallest absolute Gasteiger partial charge is 0.0747 e. The lowest BCUT2D eigenvalue weighted by Gasteiger charge is -2.41. The topological polar surface area (TPSA) is 38.5 Å². The van der Waals surface area contributed by atoms with E-state index in [1.54, 1.807) is 0 Å². The molecule has 16 heavy (non-hydrogen) atoms. The molecule has 3 nitrogen and oxygen atoms in total. The Bertz CT molecular complexity index is 222. The van der Waals surface area contributed by atoms with Gasteiger partial charge in [0, 0.05) is 18.6 Å². The molecule has 0 bridgehead atoms. The van der Waals surface area contributed by atoms with Gasteiger partial charge in [0.2, 0.25) is 0 Å². The average Bonchev–Trinajstić information content (AvgIpc) is 2.69. The summed E-state index contributed by atoms with van der Waals surface area (Å²) in [6.45, 7) is 6.45. The van der Waals surface area contributed by atoms with Crippen LogP contribution in [0.4, 0.5) is 0 Å². The summed E-state index contributed by atoms with van der Waals surface area (Å²) in [7, 11) is 0. The van der Waals surface area contributed by atoms with E-state index in [4.69, 9.17) is 10.5 Å². The molecular formula is C13H26N2O. The maximum absolute atomic E-state index is 5.99. The Hall–Kier alpha value is -0.120. The van der Waals surface area contributed by atoms with Gasteiger partial charge < -0.3 is 10.5 Å². The van der Waals surface area contributed by atoms with Crippen LogP contribution >= 0.6 is 0 Å². The van der Waals surface area contributed by atoms with E-state index in [-0.39, 0.29) is 0 Å². The maximum Gasteiger partial charge on any atom is 0.0747 e. The molecule has 4 atom stereocenters. The molecule has 94 valence electrons. The SMILES string of the molecule is CC1CCC(C(CN)N2CCCCC2C)O1. The molecule has 0 aromatic carbocycles. The number of piperidine rings is 1. The summed E-state index contributed by atoms with van der Waals surface area (Å²) in [5.74, 6) is 0. The second-order valence-corrected chi connectivity index (χ2v) is 5.45. The van der Waals surface area contributed by atoms with Crippen molar-refractivity contribution >= 4 is 0 Å². The lowest BCUT2D eigenvalue weighted by molar-refractivity contribution is -0.0236. The summed E-state index contributed by atoms with van der Waals surface area (Å²) < 4.78 is 5.99. The van der Waals surface area contributed by atoms with E-state index in [1.807, 2.05) is 0 Å². The third kappa shape index (κ3) is 2.58. The van der Waals surface area contributed by atoms with Crippen LogP contribution < -0.4 is 5.73 Å². The minimum atomic E-state index is 0.376. The lowest BCUT2D eigenvalue weighted by atomic mass is 9.97. The standard InChI is InChI=1S/C13H26N2O/c1-10-5-3-4-8-15(10)12(9-14)13-7-6-11(2)16-13/h10-13H,3-9,14H2,1-2H3. The highest BCUT2D eigenvalue weighted by Gasteiger charge is 2.35. The number of ether oxygens (including phenoxy) is 1. The zero-order valence-electron chi connectivity index (χ0n) is 10.7. The van der Waals surface area contributed by atoms with Gasteiger partial charge in [-0.25, -0.2) is 0 Å². The third-order valence-electron chi connectivity index (χ3n) is 4.22. The molecule has 0 amide bonds. The first kappa shape index (κ1) is 12.3. The van der Waals surface area contributed by atoms with Crippen LogP contribution in [0.25, 0.3) is 0 Å². The highest BCUT2D eigenvalue weighted by molar-refractivity contribution is 4.89. The van der Waals surface area contributed by atoms with Gasteiger partial charge in [-0.1, -0.05) is 6.42 Å². The number of likely N-dealkylation sites (tertiary alicyclic amines) is 1. The molecule has 0 radical (unpaired) electrons. The zero-order chi connectivity index (χ0) is 11.5. The summed E-state index contributed by atoms with van der Waals surface area (Å²) in [6.07, 6.45) is 7.20. The Morgan fingerprint density at radius 2 is 2.06 bits per heavy atom. The lowest BCUT2D eigenvalue weighted by Crippen LogP contribution is -2.53. The highest BCUT2D eigenvalue weighted by atomic mass is 16.5. The van der Waals surface area contributed by atoms with E-state index in [2.05, 4.69) is 18.7 Å². The van der Waals surface area contributed by atoms with Gasteiger partial charge >= 0.3 is 0 Å². The van der Waals surface area contributed by atoms with Gasteiger partial charge in [-0.15, -0.1) is 0 Å². The molecule has 0 aromatic heterocycles. The van der Waals surface area contributed by atoms with Crippen LogP contribution in [0.5, 0.6) is 0 Å². The van der Waals surface area contributed by atoms with Crippen molar-refractivity contribution < 1.29 is 4.74 Å². The molecule has 2 heterocycles. The molecule has 0 saturated carbocycles. The van der Waals surface area contributed by atoms with Crippen LogP contribution in [0, 0.1) is 0 Å². The van der Waals surface area contributed by atoms with E-state index < -0.39 is 0 Å². The van der Waals surface area contributed by atoms with Crippen molar-refractivity contribution in [2.24, 2.45) is 5.73 Å². The summed E-state index contributed by atoms with van der Waals surface area (Å²) in [5, 5.41) is 0. The van der Waals surface area contributed by atoms with Crippen LogP contribution in [-0.2, 0) is 4.74 Å². The minimum absolute atomic E-state index is 0.376. The Morgan fingerprint density at radius 1 is 1.25 bits per heavy atom. The van der Waals surface area contributed by atoms with E-state index in [1.165, 1.54) is 38.6 Å². The first-order valence-corrected chi connectivity index (χ1v) is 6.83. The van der Waals surface area contributed by atoms with Crippen molar-refractivity contribution in [1.82, 2.24) is 4.90 Å². The molecule has 2 saturated heterocycles. The minimum Gasteiger partial charge on any atom is -0.374 e. The van der Waals surface area contributed by atoms with Crippen LogP contribution in [0.2, 0.25) is 0 Å². The van der Waals surface area contributed by atoms with Crippen molar-refractivity contribution in [2.45, 2.75) is 70.2 Å². The van der Waals surface area contributed by atoms with Gasteiger partial charge in [0.15, 0.2) is 0 Å². The maximum atomic E-state index is 5.99. The first-order chi connectivity index (χ1) is 7.72. The van der Waals surface area contributed by atoms with Crippen LogP contribution in [0.3, 0.4) is 0 Å². The zero-order valence-corrected chi connectivity index (χ0v) is 10.7. The number of rotatable bonds is 3. The van der Waals surface area contributed by atoms with Gasteiger partial charge in [-0.05, 0) is 46.1 Å². The molecule has 0 aromatic rings. The van der Waals surface area contributed by atoms with Crippen LogP contribution in [-0.4, -0.2) is 42.3 Å². The number of hydrogen-bond acceptors (Lipinski definition) is 3. The fraction of sp³-hybridized carbons (Fsp3) is 1.00. The molecule has 0 aliphatic carbocycles. The van der Waals surface area contributed by atoms with Gasteiger partial charge in [0.1, 0.15) is 0 Å².